The van der Waals surface area contributed by atoms with Gasteiger partial charge in [0.25, 0.3) is 5.91 Å². The van der Waals surface area contributed by atoms with Gasteiger partial charge in [-0.05, 0) is 62.3 Å². The van der Waals surface area contributed by atoms with Crippen molar-refractivity contribution >= 4 is 11.9 Å². The van der Waals surface area contributed by atoms with Gasteiger partial charge in [-0.2, -0.15) is 5.10 Å². The predicted octanol–water partition coefficient (Wildman–Crippen LogP) is 5.99. The van der Waals surface area contributed by atoms with Crippen LogP contribution in [0.2, 0.25) is 0 Å². The van der Waals surface area contributed by atoms with Crippen LogP contribution in [0.25, 0.3) is 16.8 Å². The van der Waals surface area contributed by atoms with Crippen LogP contribution in [0.3, 0.4) is 0 Å². The normalized spacial score (nSPS) is 15.8. The largest absolute Gasteiger partial charge is 0.462 e. The maximum absolute atomic E-state index is 15.7. The van der Waals surface area contributed by atoms with E-state index >= 15 is 4.39 Å². The highest BCUT2D eigenvalue weighted by molar-refractivity contribution is 5.96. The van der Waals surface area contributed by atoms with Crippen molar-refractivity contribution in [3.63, 3.8) is 0 Å². The number of rotatable bonds is 8. The maximum Gasteiger partial charge on any atom is 0.341 e. The molecule has 5 rings (SSSR count). The summed E-state index contributed by atoms with van der Waals surface area (Å²) in [6.07, 6.45) is 8.19. The van der Waals surface area contributed by atoms with Gasteiger partial charge in [-0.3, -0.25) is 4.79 Å². The first-order valence-electron chi connectivity index (χ1n) is 12.9. The van der Waals surface area contributed by atoms with E-state index < -0.39 is 5.82 Å². The summed E-state index contributed by atoms with van der Waals surface area (Å²) < 4.78 is 22.7. The third kappa shape index (κ3) is 4.79. The third-order valence-electron chi connectivity index (χ3n) is 7.25. The van der Waals surface area contributed by atoms with Crippen molar-refractivity contribution in [2.75, 3.05) is 20.2 Å². The number of hydrogen-bond donors (Lipinski definition) is 0. The summed E-state index contributed by atoms with van der Waals surface area (Å²) in [7, 11) is 1.76. The van der Waals surface area contributed by atoms with Crippen LogP contribution in [0.15, 0.2) is 48.7 Å². The van der Waals surface area contributed by atoms with E-state index in [4.69, 9.17) is 4.74 Å². The van der Waals surface area contributed by atoms with Crippen molar-refractivity contribution in [2.45, 2.75) is 51.4 Å². The molecule has 0 N–H and O–H groups in total. The minimum Gasteiger partial charge on any atom is -0.462 e. The average molecular weight is 490 g/mol. The minimum absolute atomic E-state index is 0.0840. The minimum atomic E-state index is -0.520. The Morgan fingerprint density at radius 1 is 1.08 bits per heavy atom. The molecule has 2 aliphatic carbocycles. The second-order valence-corrected chi connectivity index (χ2v) is 9.90. The fourth-order valence-corrected chi connectivity index (χ4v) is 5.27. The first-order chi connectivity index (χ1) is 17.5. The Labute approximate surface area is 211 Å². The Hall–Kier alpha value is -3.48. The SMILES string of the molecule is CCOC(=O)c1cnn(-c2cccc(-c3cccc(C(=O)N(C)CC4CCCC4)c3F)c2)c1C1CC1. The van der Waals surface area contributed by atoms with Gasteiger partial charge in [-0.15, -0.1) is 0 Å². The first kappa shape index (κ1) is 24.2. The molecule has 1 heterocycles. The number of hydrogen-bond acceptors (Lipinski definition) is 4. The maximum atomic E-state index is 15.7. The van der Waals surface area contributed by atoms with Crippen LogP contribution >= 0.6 is 0 Å². The molecule has 2 fully saturated rings. The number of aromatic nitrogens is 2. The number of ether oxygens (including phenoxy) is 1. The molecule has 7 heteroatoms. The van der Waals surface area contributed by atoms with Crippen LogP contribution in [-0.2, 0) is 4.74 Å². The molecule has 3 aromatic rings. The van der Waals surface area contributed by atoms with Crippen molar-refractivity contribution in [1.82, 2.24) is 14.7 Å². The monoisotopic (exact) mass is 489 g/mol. The lowest BCUT2D eigenvalue weighted by atomic mass is 10.0. The quantitative estimate of drug-likeness (QED) is 0.364. The van der Waals surface area contributed by atoms with E-state index in [1.165, 1.54) is 12.8 Å². The molecular weight excluding hydrogens is 457 g/mol. The standard InChI is InChI=1S/C29H32FN3O3/c1-3-36-29(35)25-17-31-33(27(25)20-14-15-20)22-11-6-10-21(16-22)23-12-7-13-24(26(23)30)28(34)32(2)18-19-8-4-5-9-19/h6-7,10-13,16-17,19-20H,3-5,8-9,14-15,18H2,1-2H3. The van der Waals surface area contributed by atoms with Gasteiger partial charge < -0.3 is 9.64 Å². The highest BCUT2D eigenvalue weighted by Crippen LogP contribution is 2.43. The summed E-state index contributed by atoms with van der Waals surface area (Å²) in [5.41, 5.74) is 3.15. The zero-order valence-electron chi connectivity index (χ0n) is 20.9. The molecule has 1 aromatic heterocycles. The first-order valence-corrected chi connectivity index (χ1v) is 12.9. The second kappa shape index (κ2) is 10.2. The lowest BCUT2D eigenvalue weighted by Crippen LogP contribution is -2.31. The highest BCUT2D eigenvalue weighted by Gasteiger charge is 2.33. The zero-order valence-corrected chi connectivity index (χ0v) is 20.9. The summed E-state index contributed by atoms with van der Waals surface area (Å²) in [6.45, 7) is 2.74. The topological polar surface area (TPSA) is 64.4 Å². The third-order valence-corrected chi connectivity index (χ3v) is 7.25. The van der Waals surface area contributed by atoms with Crippen molar-refractivity contribution in [2.24, 2.45) is 5.92 Å². The second-order valence-electron chi connectivity index (χ2n) is 9.90. The molecule has 0 spiro atoms. The number of nitrogens with zero attached hydrogens (tertiary/aromatic N) is 3. The Bertz CT molecular complexity index is 1270. The summed E-state index contributed by atoms with van der Waals surface area (Å²) in [5, 5.41) is 4.49. The molecule has 0 aliphatic heterocycles. The number of halogens is 1. The summed E-state index contributed by atoms with van der Waals surface area (Å²) in [5.74, 6) is -0.437. The lowest BCUT2D eigenvalue weighted by molar-refractivity contribution is 0.0524. The van der Waals surface area contributed by atoms with Crippen LogP contribution < -0.4 is 0 Å². The number of carbonyl (C=O) groups excluding carboxylic acids is 2. The Kier molecular flexibility index (Phi) is 6.90. The summed E-state index contributed by atoms with van der Waals surface area (Å²) in [6, 6.07) is 12.4. The number of benzene rings is 2. The van der Waals surface area contributed by atoms with Crippen molar-refractivity contribution < 1.29 is 18.7 Å². The molecule has 1 amide bonds. The van der Waals surface area contributed by atoms with Crippen molar-refractivity contribution in [3.05, 3.63) is 71.3 Å². The fourth-order valence-electron chi connectivity index (χ4n) is 5.27. The highest BCUT2D eigenvalue weighted by atomic mass is 19.1. The van der Waals surface area contributed by atoms with Gasteiger partial charge in [0.2, 0.25) is 0 Å². The van der Waals surface area contributed by atoms with Crippen LogP contribution in [-0.4, -0.2) is 46.8 Å². The van der Waals surface area contributed by atoms with Crippen LogP contribution in [0, 0.1) is 11.7 Å². The fraction of sp³-hybridized carbons (Fsp3) is 0.414. The van der Waals surface area contributed by atoms with E-state index in [1.54, 1.807) is 47.9 Å². The number of carbonyl (C=O) groups is 2. The van der Waals surface area contributed by atoms with Crippen LogP contribution in [0.1, 0.15) is 77.8 Å². The Balaban J connectivity index is 1.45. The van der Waals surface area contributed by atoms with E-state index in [9.17, 15) is 9.59 Å². The molecule has 0 saturated heterocycles. The molecule has 36 heavy (non-hydrogen) atoms. The van der Waals surface area contributed by atoms with Crippen molar-refractivity contribution in [1.29, 1.82) is 0 Å². The van der Waals surface area contributed by atoms with Gasteiger partial charge >= 0.3 is 5.97 Å². The molecular formula is C29H32FN3O3. The van der Waals surface area contributed by atoms with E-state index in [1.807, 2.05) is 24.3 Å². The Morgan fingerprint density at radius 3 is 2.56 bits per heavy atom. The van der Waals surface area contributed by atoms with Gasteiger partial charge in [-0.1, -0.05) is 37.1 Å². The van der Waals surface area contributed by atoms with Gasteiger partial charge in [0, 0.05) is 25.1 Å². The van der Waals surface area contributed by atoms with E-state index in [-0.39, 0.29) is 23.4 Å². The number of esters is 1. The smallest absolute Gasteiger partial charge is 0.341 e. The number of amides is 1. The van der Waals surface area contributed by atoms with E-state index in [2.05, 4.69) is 5.10 Å². The molecule has 0 atom stereocenters. The van der Waals surface area contributed by atoms with E-state index in [0.717, 1.165) is 37.1 Å². The lowest BCUT2D eigenvalue weighted by Gasteiger charge is -2.22. The average Bonchev–Trinajstić information content (AvgIpc) is 3.40. The summed E-state index contributed by atoms with van der Waals surface area (Å²) in [4.78, 5) is 27.2. The molecule has 0 unspecified atom stereocenters. The van der Waals surface area contributed by atoms with Crippen LogP contribution in [0.5, 0.6) is 0 Å². The Morgan fingerprint density at radius 2 is 1.83 bits per heavy atom. The molecule has 0 radical (unpaired) electrons. The molecule has 188 valence electrons. The predicted molar refractivity (Wildman–Crippen MR) is 136 cm³/mol. The van der Waals surface area contributed by atoms with Gasteiger partial charge in [0.05, 0.1) is 29.7 Å². The van der Waals surface area contributed by atoms with Crippen LogP contribution in [0.4, 0.5) is 4.39 Å². The van der Waals surface area contributed by atoms with Crippen molar-refractivity contribution in [3.8, 4) is 16.8 Å². The molecule has 0 bridgehead atoms. The molecule has 2 saturated carbocycles. The van der Waals surface area contributed by atoms with Gasteiger partial charge in [0.15, 0.2) is 0 Å². The zero-order chi connectivity index (χ0) is 25.2. The molecule has 2 aliphatic rings. The molecule has 6 nitrogen and oxygen atoms in total. The molecule has 2 aromatic carbocycles. The summed E-state index contributed by atoms with van der Waals surface area (Å²) >= 11 is 0. The van der Waals surface area contributed by atoms with Gasteiger partial charge in [-0.25, -0.2) is 13.9 Å². The van der Waals surface area contributed by atoms with E-state index in [0.29, 0.717) is 35.8 Å². The van der Waals surface area contributed by atoms with Gasteiger partial charge in [0.1, 0.15) is 11.4 Å².